The zero-order chi connectivity index (χ0) is 21.9. The molecule has 160 valence electrons. The van der Waals surface area contributed by atoms with Crippen molar-refractivity contribution in [2.24, 2.45) is 4.99 Å². The maximum atomic E-state index is 9.99. The van der Waals surface area contributed by atoms with Gasteiger partial charge in [0.05, 0.1) is 17.8 Å². The van der Waals surface area contributed by atoms with Crippen molar-refractivity contribution in [2.75, 3.05) is 23.3 Å². The summed E-state index contributed by atoms with van der Waals surface area (Å²) in [6.07, 6.45) is 5.70. The zero-order valence-corrected chi connectivity index (χ0v) is 18.1. The van der Waals surface area contributed by atoms with Crippen molar-refractivity contribution in [3.8, 4) is 11.3 Å². The molecule has 0 radical (unpaired) electrons. The van der Waals surface area contributed by atoms with E-state index in [1.807, 2.05) is 31.5 Å². The number of nitrogens with zero attached hydrogens (tertiary/aromatic N) is 5. The molecule has 6 rings (SSSR count). The van der Waals surface area contributed by atoms with Crippen LogP contribution in [0.4, 0.5) is 17.2 Å². The van der Waals surface area contributed by atoms with Crippen LogP contribution in [0.2, 0.25) is 0 Å². The second-order valence-corrected chi connectivity index (χ2v) is 8.92. The Morgan fingerprint density at radius 1 is 1.09 bits per heavy atom. The van der Waals surface area contributed by atoms with Crippen molar-refractivity contribution >= 4 is 29.1 Å². The number of hydrogen-bond donors (Lipinski definition) is 2. The molecule has 0 saturated carbocycles. The first kappa shape index (κ1) is 19.0. The minimum absolute atomic E-state index is 0.588. The number of nitrogens with one attached hydrogen (secondary N) is 1. The molecule has 4 aromatic rings. The molecule has 2 aliphatic heterocycles. The predicted molar refractivity (Wildman–Crippen MR) is 127 cm³/mol. The molecular weight excluding hydrogens is 400 g/mol. The number of aryl methyl sites for hydroxylation is 1. The summed E-state index contributed by atoms with van der Waals surface area (Å²) in [6.45, 7) is 5.97. The first-order valence-corrected chi connectivity index (χ1v) is 10.8. The summed E-state index contributed by atoms with van der Waals surface area (Å²) in [6, 6.07) is 14.6. The molecule has 2 N–H and O–H groups in total. The minimum atomic E-state index is -0.588. The van der Waals surface area contributed by atoms with Gasteiger partial charge in [0.1, 0.15) is 0 Å². The second kappa shape index (κ2) is 6.90. The fraction of sp³-hybridized carbons (Fsp3) is 0.240. The van der Waals surface area contributed by atoms with Gasteiger partial charge < -0.3 is 15.3 Å². The van der Waals surface area contributed by atoms with Crippen molar-refractivity contribution in [3.05, 3.63) is 71.7 Å². The average molecular weight is 425 g/mol. The molecule has 32 heavy (non-hydrogen) atoms. The van der Waals surface area contributed by atoms with E-state index in [1.54, 1.807) is 6.20 Å². The number of imidazole rings is 1. The molecule has 0 spiro atoms. The van der Waals surface area contributed by atoms with E-state index in [-0.39, 0.29) is 0 Å². The molecule has 0 atom stereocenters. The number of hydrogen-bond acceptors (Lipinski definition) is 6. The number of rotatable bonds is 4. The molecule has 0 bridgehead atoms. The monoisotopic (exact) mass is 424 g/mol. The Bertz CT molecular complexity index is 1360. The lowest BCUT2D eigenvalue weighted by Crippen LogP contribution is -2.60. The van der Waals surface area contributed by atoms with Gasteiger partial charge in [-0.1, -0.05) is 12.1 Å². The van der Waals surface area contributed by atoms with Crippen LogP contribution >= 0.6 is 0 Å². The fourth-order valence-electron chi connectivity index (χ4n) is 4.57. The van der Waals surface area contributed by atoms with Gasteiger partial charge in [0.15, 0.2) is 11.5 Å². The summed E-state index contributed by atoms with van der Waals surface area (Å²) in [4.78, 5) is 16.1. The molecule has 0 unspecified atom stereocenters. The van der Waals surface area contributed by atoms with Crippen molar-refractivity contribution in [1.29, 1.82) is 0 Å². The van der Waals surface area contributed by atoms with Crippen LogP contribution < -0.4 is 10.2 Å². The van der Waals surface area contributed by atoms with Crippen LogP contribution in [0.3, 0.4) is 0 Å². The van der Waals surface area contributed by atoms with E-state index >= 15 is 0 Å². The summed E-state index contributed by atoms with van der Waals surface area (Å²) < 4.78 is 2.07. The van der Waals surface area contributed by atoms with Gasteiger partial charge in [-0.3, -0.25) is 9.39 Å². The standard InChI is InChI=1S/C25H24N6O/c1-16-22(17-3-4-18-12-26-13-19(18)11-17)29-23(24-27-9-10-31(16)24)28-20-5-7-21(8-6-20)30-14-25(2,32)15-30/h3-12,32H,13-15H2,1-2H3,(H,28,29). The van der Waals surface area contributed by atoms with E-state index in [4.69, 9.17) is 4.98 Å². The number of anilines is 3. The number of β-amino-alcohol motifs (C(OH)–C–C–N with tert-alkyl or cyclic N) is 1. The third kappa shape index (κ3) is 3.13. The molecule has 7 heteroatoms. The Balaban J connectivity index is 1.34. The first-order valence-electron chi connectivity index (χ1n) is 10.8. The highest BCUT2D eigenvalue weighted by molar-refractivity contribution is 5.86. The molecule has 2 aromatic carbocycles. The molecule has 4 heterocycles. The van der Waals surface area contributed by atoms with Gasteiger partial charge in [0, 0.05) is 54.3 Å². The van der Waals surface area contributed by atoms with E-state index in [0.717, 1.165) is 40.5 Å². The first-order chi connectivity index (χ1) is 15.5. The average Bonchev–Trinajstić information content (AvgIpc) is 3.44. The maximum absolute atomic E-state index is 9.99. The molecule has 1 fully saturated rings. The molecule has 0 aliphatic carbocycles. The van der Waals surface area contributed by atoms with Gasteiger partial charge in [-0.25, -0.2) is 9.97 Å². The number of benzene rings is 2. The van der Waals surface area contributed by atoms with E-state index in [1.165, 1.54) is 11.1 Å². The molecule has 2 aromatic heterocycles. The van der Waals surface area contributed by atoms with Crippen LogP contribution in [-0.4, -0.2) is 44.4 Å². The molecule has 0 amide bonds. The minimum Gasteiger partial charge on any atom is -0.386 e. The molecular formula is C25H24N6O. The number of aliphatic imine (C=N–C) groups is 1. The zero-order valence-electron chi connectivity index (χ0n) is 18.1. The van der Waals surface area contributed by atoms with Crippen molar-refractivity contribution in [1.82, 2.24) is 14.4 Å². The highest BCUT2D eigenvalue weighted by Crippen LogP contribution is 2.32. The van der Waals surface area contributed by atoms with Crippen LogP contribution in [0.5, 0.6) is 0 Å². The summed E-state index contributed by atoms with van der Waals surface area (Å²) in [5.74, 6) is 0.715. The third-order valence-corrected chi connectivity index (χ3v) is 6.25. The number of aliphatic hydroxyl groups is 1. The van der Waals surface area contributed by atoms with Gasteiger partial charge in [0.25, 0.3) is 0 Å². The number of fused-ring (bicyclic) bond motifs is 2. The van der Waals surface area contributed by atoms with Crippen molar-refractivity contribution in [3.63, 3.8) is 0 Å². The normalized spacial score (nSPS) is 16.3. The van der Waals surface area contributed by atoms with Gasteiger partial charge in [0.2, 0.25) is 0 Å². The molecule has 2 aliphatic rings. The third-order valence-electron chi connectivity index (χ3n) is 6.25. The Morgan fingerprint density at radius 2 is 1.91 bits per heavy atom. The van der Waals surface area contributed by atoms with Crippen LogP contribution in [0, 0.1) is 6.92 Å². The van der Waals surface area contributed by atoms with Crippen molar-refractivity contribution in [2.45, 2.75) is 26.0 Å². The van der Waals surface area contributed by atoms with E-state index in [2.05, 4.69) is 61.8 Å². The van der Waals surface area contributed by atoms with E-state index in [9.17, 15) is 5.11 Å². The van der Waals surface area contributed by atoms with Crippen LogP contribution in [-0.2, 0) is 6.54 Å². The summed E-state index contributed by atoms with van der Waals surface area (Å²) in [5.41, 5.74) is 7.69. The summed E-state index contributed by atoms with van der Waals surface area (Å²) in [7, 11) is 0. The quantitative estimate of drug-likeness (QED) is 0.519. The second-order valence-electron chi connectivity index (χ2n) is 8.92. The lowest BCUT2D eigenvalue weighted by atomic mass is 9.96. The molecule has 7 nitrogen and oxygen atoms in total. The lowest BCUT2D eigenvalue weighted by Gasteiger charge is -2.45. The Kier molecular flexibility index (Phi) is 4.10. The van der Waals surface area contributed by atoms with Gasteiger partial charge in [-0.15, -0.1) is 0 Å². The lowest BCUT2D eigenvalue weighted by molar-refractivity contribution is 0.0310. The fourth-order valence-corrected chi connectivity index (χ4v) is 4.57. The van der Waals surface area contributed by atoms with Crippen LogP contribution in [0.15, 0.2) is 59.9 Å². The largest absolute Gasteiger partial charge is 0.386 e. The highest BCUT2D eigenvalue weighted by Gasteiger charge is 2.36. The topological polar surface area (TPSA) is 78.0 Å². The highest BCUT2D eigenvalue weighted by atomic mass is 16.3. The SMILES string of the molecule is Cc1c(-c2ccc3c(c2)CN=C3)nc(Nc2ccc(N3CC(C)(O)C3)cc2)c2nccn12. The summed E-state index contributed by atoms with van der Waals surface area (Å²) in [5, 5.41) is 13.4. The molecule has 1 saturated heterocycles. The summed E-state index contributed by atoms with van der Waals surface area (Å²) >= 11 is 0. The Hall–Kier alpha value is -3.71. The van der Waals surface area contributed by atoms with Gasteiger partial charge in [-0.2, -0.15) is 0 Å². The van der Waals surface area contributed by atoms with Gasteiger partial charge >= 0.3 is 0 Å². The smallest absolute Gasteiger partial charge is 0.180 e. The van der Waals surface area contributed by atoms with Crippen LogP contribution in [0.25, 0.3) is 16.9 Å². The predicted octanol–water partition coefficient (Wildman–Crippen LogP) is 3.95. The Labute approximate surface area is 186 Å². The maximum Gasteiger partial charge on any atom is 0.180 e. The van der Waals surface area contributed by atoms with Gasteiger partial charge in [-0.05, 0) is 55.3 Å². The van der Waals surface area contributed by atoms with Crippen molar-refractivity contribution < 1.29 is 5.11 Å². The Morgan fingerprint density at radius 3 is 2.69 bits per heavy atom. The number of aromatic nitrogens is 3. The van der Waals surface area contributed by atoms with E-state index in [0.29, 0.717) is 18.9 Å². The van der Waals surface area contributed by atoms with E-state index < -0.39 is 5.60 Å². The van der Waals surface area contributed by atoms with Crippen LogP contribution in [0.1, 0.15) is 23.7 Å².